The van der Waals surface area contributed by atoms with Crippen molar-refractivity contribution in [2.75, 3.05) is 19.6 Å². The Kier molecular flexibility index (Phi) is 2.51. The fourth-order valence-electron chi connectivity index (χ4n) is 0.886. The highest BCUT2D eigenvalue weighted by molar-refractivity contribution is 5.82. The van der Waals surface area contributed by atoms with E-state index in [4.69, 9.17) is 5.73 Å². The van der Waals surface area contributed by atoms with E-state index >= 15 is 0 Å². The number of amidine groups is 1. The lowest BCUT2D eigenvalue weighted by Gasteiger charge is -2.12. The van der Waals surface area contributed by atoms with E-state index in [0.29, 0.717) is 6.54 Å². The number of hydrogen-bond acceptors (Lipinski definition) is 3. The third-order valence-electron chi connectivity index (χ3n) is 1.35. The first kappa shape index (κ1) is 6.55. The number of hydrogen-bond donors (Lipinski definition) is 2. The van der Waals surface area contributed by atoms with E-state index in [2.05, 4.69) is 10.3 Å². The highest BCUT2D eigenvalue weighted by Crippen LogP contribution is 1.91. The van der Waals surface area contributed by atoms with Gasteiger partial charge in [-0.05, 0) is 13.0 Å². The van der Waals surface area contributed by atoms with Crippen molar-refractivity contribution < 1.29 is 0 Å². The summed E-state index contributed by atoms with van der Waals surface area (Å²) >= 11 is 0. The molecule has 3 nitrogen and oxygen atoms in total. The van der Waals surface area contributed by atoms with Crippen LogP contribution in [0.25, 0.3) is 0 Å². The summed E-state index contributed by atoms with van der Waals surface area (Å²) < 4.78 is 0. The van der Waals surface area contributed by atoms with Gasteiger partial charge in [-0.1, -0.05) is 0 Å². The molecule has 1 aliphatic rings. The van der Waals surface area contributed by atoms with Crippen molar-refractivity contribution in [1.82, 2.24) is 5.32 Å². The van der Waals surface area contributed by atoms with E-state index in [-0.39, 0.29) is 0 Å². The Morgan fingerprint density at radius 1 is 1.67 bits per heavy atom. The smallest absolute Gasteiger partial charge is 0.0975 e. The molecule has 0 atom stereocenters. The highest BCUT2D eigenvalue weighted by Gasteiger charge is 2.00. The lowest BCUT2D eigenvalue weighted by molar-refractivity contribution is 0.724. The molecule has 1 heterocycles. The molecule has 0 saturated heterocycles. The van der Waals surface area contributed by atoms with Crippen molar-refractivity contribution in [1.29, 1.82) is 0 Å². The quantitative estimate of drug-likeness (QED) is 0.536. The molecule has 0 aromatic rings. The zero-order valence-corrected chi connectivity index (χ0v) is 5.56. The van der Waals surface area contributed by atoms with E-state index in [0.717, 1.165) is 31.8 Å². The summed E-state index contributed by atoms with van der Waals surface area (Å²) in [4.78, 5) is 4.24. The molecule has 0 aromatic carbocycles. The first-order chi connectivity index (χ1) is 4.43. The zero-order chi connectivity index (χ0) is 6.53. The van der Waals surface area contributed by atoms with Crippen molar-refractivity contribution in [3.8, 4) is 0 Å². The van der Waals surface area contributed by atoms with Crippen LogP contribution in [0, 0.1) is 0 Å². The molecule has 1 rings (SSSR count). The summed E-state index contributed by atoms with van der Waals surface area (Å²) in [5.41, 5.74) is 5.34. The minimum Gasteiger partial charge on any atom is -0.374 e. The summed E-state index contributed by atoms with van der Waals surface area (Å²) in [5.74, 6) is 1.09. The van der Waals surface area contributed by atoms with E-state index in [1.54, 1.807) is 0 Å². The van der Waals surface area contributed by atoms with Gasteiger partial charge >= 0.3 is 0 Å². The summed E-state index contributed by atoms with van der Waals surface area (Å²) in [6.07, 6.45) is 2.06. The Labute approximate surface area is 55.3 Å². The van der Waals surface area contributed by atoms with Gasteiger partial charge in [0, 0.05) is 19.5 Å². The van der Waals surface area contributed by atoms with Crippen LogP contribution in [0.5, 0.6) is 0 Å². The van der Waals surface area contributed by atoms with Gasteiger partial charge in [-0.3, -0.25) is 4.99 Å². The standard InChI is InChI=1S/C6H13N3/c7-3-2-6-8-4-1-5-9-6/h1-5,7H2,(H,8,9). The monoisotopic (exact) mass is 127 g/mol. The molecule has 3 N–H and O–H groups in total. The van der Waals surface area contributed by atoms with Crippen molar-refractivity contribution in [3.63, 3.8) is 0 Å². The molecule has 0 aromatic heterocycles. The Hall–Kier alpha value is -0.570. The maximum absolute atomic E-state index is 5.34. The van der Waals surface area contributed by atoms with Gasteiger partial charge in [0.2, 0.25) is 0 Å². The minimum absolute atomic E-state index is 0.700. The Morgan fingerprint density at radius 2 is 2.56 bits per heavy atom. The summed E-state index contributed by atoms with van der Waals surface area (Å²) in [5, 5.41) is 3.19. The first-order valence-electron chi connectivity index (χ1n) is 3.41. The van der Waals surface area contributed by atoms with Gasteiger partial charge in [-0.2, -0.15) is 0 Å². The number of nitrogens with zero attached hydrogens (tertiary/aromatic N) is 1. The van der Waals surface area contributed by atoms with Crippen LogP contribution in [-0.2, 0) is 0 Å². The molecule has 1 aliphatic heterocycles. The molecule has 3 heteroatoms. The van der Waals surface area contributed by atoms with Crippen LogP contribution in [-0.4, -0.2) is 25.5 Å². The lowest BCUT2D eigenvalue weighted by Crippen LogP contribution is -2.30. The second kappa shape index (κ2) is 3.45. The maximum Gasteiger partial charge on any atom is 0.0975 e. The largest absolute Gasteiger partial charge is 0.374 e. The molecule has 0 amide bonds. The van der Waals surface area contributed by atoms with Crippen molar-refractivity contribution in [2.45, 2.75) is 12.8 Å². The van der Waals surface area contributed by atoms with E-state index < -0.39 is 0 Å². The summed E-state index contributed by atoms with van der Waals surface area (Å²) in [6, 6.07) is 0. The van der Waals surface area contributed by atoms with Crippen LogP contribution >= 0.6 is 0 Å². The first-order valence-corrected chi connectivity index (χ1v) is 3.41. The van der Waals surface area contributed by atoms with Crippen LogP contribution in [0.1, 0.15) is 12.8 Å². The van der Waals surface area contributed by atoms with Gasteiger partial charge < -0.3 is 11.1 Å². The molecular formula is C6H13N3. The average molecular weight is 127 g/mol. The molecule has 0 radical (unpaired) electrons. The number of nitrogens with two attached hydrogens (primary N) is 1. The fraction of sp³-hybridized carbons (Fsp3) is 0.833. The number of nitrogens with one attached hydrogen (secondary N) is 1. The molecular weight excluding hydrogens is 114 g/mol. The topological polar surface area (TPSA) is 50.4 Å². The van der Waals surface area contributed by atoms with Crippen LogP contribution in [0.2, 0.25) is 0 Å². The van der Waals surface area contributed by atoms with Gasteiger partial charge in [0.1, 0.15) is 0 Å². The third kappa shape index (κ3) is 2.01. The maximum atomic E-state index is 5.34. The van der Waals surface area contributed by atoms with E-state index in [1.807, 2.05) is 0 Å². The third-order valence-corrected chi connectivity index (χ3v) is 1.35. The molecule has 0 aliphatic carbocycles. The second-order valence-electron chi connectivity index (χ2n) is 2.15. The Bertz CT molecular complexity index is 109. The summed E-state index contributed by atoms with van der Waals surface area (Å²) in [6.45, 7) is 2.74. The predicted octanol–water partition coefficient (Wildman–Crippen LogP) is -0.273. The van der Waals surface area contributed by atoms with Crippen LogP contribution in [0.4, 0.5) is 0 Å². The van der Waals surface area contributed by atoms with Crippen LogP contribution in [0.15, 0.2) is 4.99 Å². The van der Waals surface area contributed by atoms with Crippen LogP contribution in [0.3, 0.4) is 0 Å². The van der Waals surface area contributed by atoms with Gasteiger partial charge in [0.05, 0.1) is 5.84 Å². The molecule has 0 bridgehead atoms. The van der Waals surface area contributed by atoms with Gasteiger partial charge in [0.15, 0.2) is 0 Å². The average Bonchev–Trinajstić information content (AvgIpc) is 1.91. The normalized spacial score (nSPS) is 18.6. The van der Waals surface area contributed by atoms with E-state index in [9.17, 15) is 0 Å². The molecule has 0 fully saturated rings. The van der Waals surface area contributed by atoms with Gasteiger partial charge in [0.25, 0.3) is 0 Å². The molecule has 0 unspecified atom stereocenters. The SMILES string of the molecule is NCCC1=NCCCN1. The predicted molar refractivity (Wildman–Crippen MR) is 38.6 cm³/mol. The lowest BCUT2D eigenvalue weighted by atomic mass is 10.3. The second-order valence-corrected chi connectivity index (χ2v) is 2.15. The Morgan fingerprint density at radius 3 is 3.11 bits per heavy atom. The summed E-state index contributed by atoms with van der Waals surface area (Å²) in [7, 11) is 0. The van der Waals surface area contributed by atoms with Gasteiger partial charge in [-0.25, -0.2) is 0 Å². The minimum atomic E-state index is 0.700. The molecule has 0 spiro atoms. The fourth-order valence-corrected chi connectivity index (χ4v) is 0.886. The number of rotatable bonds is 2. The van der Waals surface area contributed by atoms with E-state index in [1.165, 1.54) is 0 Å². The zero-order valence-electron chi connectivity index (χ0n) is 5.56. The highest BCUT2D eigenvalue weighted by atomic mass is 15.0. The van der Waals surface area contributed by atoms with Crippen molar-refractivity contribution >= 4 is 5.84 Å². The van der Waals surface area contributed by atoms with Crippen molar-refractivity contribution in [2.24, 2.45) is 10.7 Å². The molecule has 9 heavy (non-hydrogen) atoms. The Balaban J connectivity index is 2.28. The van der Waals surface area contributed by atoms with Crippen molar-refractivity contribution in [3.05, 3.63) is 0 Å². The molecule has 0 saturated carbocycles. The molecule has 52 valence electrons. The van der Waals surface area contributed by atoms with Gasteiger partial charge in [-0.15, -0.1) is 0 Å². The van der Waals surface area contributed by atoms with Crippen LogP contribution < -0.4 is 11.1 Å². The number of aliphatic imine (C=N–C) groups is 1.